The van der Waals surface area contributed by atoms with E-state index in [1.807, 2.05) is 6.92 Å². The van der Waals surface area contributed by atoms with Crippen LogP contribution in [0.2, 0.25) is 0 Å². The van der Waals surface area contributed by atoms with Gasteiger partial charge >= 0.3 is 0 Å². The van der Waals surface area contributed by atoms with Crippen molar-refractivity contribution in [3.05, 3.63) is 35.9 Å². The normalized spacial score (nSPS) is 21.0. The highest BCUT2D eigenvalue weighted by molar-refractivity contribution is 5.78. The quantitative estimate of drug-likeness (QED) is 0.593. The van der Waals surface area contributed by atoms with Crippen LogP contribution < -0.4 is 11.1 Å². The van der Waals surface area contributed by atoms with Gasteiger partial charge in [-0.15, -0.1) is 0 Å². The molecular weight excluding hydrogens is 276 g/mol. The number of hydrogen-bond acceptors (Lipinski definition) is 3. The summed E-state index contributed by atoms with van der Waals surface area (Å²) in [5.41, 5.74) is 7.31. The first-order chi connectivity index (χ1) is 10.7. The standard InChI is InChI=1S/C17H28N4O/c1-14(13-22-2)20-17(18)19-11-16-9-6-10-21(16)12-15-7-4-3-5-8-15/h3-5,7-8,14,16H,6,9-13H2,1-2H3,(H3,18,19,20). The lowest BCUT2D eigenvalue weighted by molar-refractivity contribution is 0.179. The molecule has 3 N–H and O–H groups in total. The summed E-state index contributed by atoms with van der Waals surface area (Å²) in [5.74, 6) is 0.510. The monoisotopic (exact) mass is 304 g/mol. The van der Waals surface area contributed by atoms with Crippen LogP contribution in [0.15, 0.2) is 35.3 Å². The topological polar surface area (TPSA) is 62.9 Å². The zero-order valence-electron chi connectivity index (χ0n) is 13.7. The van der Waals surface area contributed by atoms with Crippen molar-refractivity contribution in [1.82, 2.24) is 10.2 Å². The average molecular weight is 304 g/mol. The number of likely N-dealkylation sites (tertiary alicyclic amines) is 1. The van der Waals surface area contributed by atoms with Gasteiger partial charge in [0.1, 0.15) is 0 Å². The predicted molar refractivity (Wildman–Crippen MR) is 90.8 cm³/mol. The van der Waals surface area contributed by atoms with Gasteiger partial charge in [0.15, 0.2) is 5.96 Å². The Balaban J connectivity index is 1.83. The summed E-state index contributed by atoms with van der Waals surface area (Å²) in [6, 6.07) is 11.3. The molecule has 22 heavy (non-hydrogen) atoms. The van der Waals surface area contributed by atoms with Crippen LogP contribution in [0.4, 0.5) is 0 Å². The van der Waals surface area contributed by atoms with Crippen LogP contribution in [0.5, 0.6) is 0 Å². The Kier molecular flexibility index (Phi) is 6.68. The molecule has 0 spiro atoms. The van der Waals surface area contributed by atoms with Gasteiger partial charge in [0.2, 0.25) is 0 Å². The molecule has 5 heteroatoms. The number of methoxy groups -OCH3 is 1. The highest BCUT2D eigenvalue weighted by Crippen LogP contribution is 2.20. The third-order valence-electron chi connectivity index (χ3n) is 4.01. The zero-order valence-corrected chi connectivity index (χ0v) is 13.7. The van der Waals surface area contributed by atoms with Crippen molar-refractivity contribution in [2.45, 2.75) is 38.4 Å². The Morgan fingerprint density at radius 3 is 2.95 bits per heavy atom. The molecule has 2 rings (SSSR count). The molecule has 1 saturated heterocycles. The van der Waals surface area contributed by atoms with Gasteiger partial charge in [0.05, 0.1) is 13.2 Å². The van der Waals surface area contributed by atoms with Crippen LogP contribution in [0.25, 0.3) is 0 Å². The minimum atomic E-state index is 0.178. The molecule has 0 bridgehead atoms. The molecule has 1 aliphatic heterocycles. The van der Waals surface area contributed by atoms with Gasteiger partial charge in [-0.05, 0) is 31.9 Å². The molecule has 0 amide bonds. The van der Waals surface area contributed by atoms with Crippen molar-refractivity contribution in [3.8, 4) is 0 Å². The van der Waals surface area contributed by atoms with Gasteiger partial charge in [-0.1, -0.05) is 30.3 Å². The molecule has 0 aromatic heterocycles. The Hall–Kier alpha value is -1.59. The first kappa shape index (κ1) is 16.8. The number of ether oxygens (including phenoxy) is 1. The Labute approximate surface area is 133 Å². The zero-order chi connectivity index (χ0) is 15.8. The molecule has 5 nitrogen and oxygen atoms in total. The number of nitrogens with one attached hydrogen (secondary N) is 1. The fraction of sp³-hybridized carbons (Fsp3) is 0.588. The third-order valence-corrected chi connectivity index (χ3v) is 4.01. The lowest BCUT2D eigenvalue weighted by Crippen LogP contribution is -2.41. The Bertz CT molecular complexity index is 463. The summed E-state index contributed by atoms with van der Waals surface area (Å²) in [6.07, 6.45) is 2.43. The second-order valence-corrected chi connectivity index (χ2v) is 5.98. The molecule has 1 aromatic rings. The van der Waals surface area contributed by atoms with Crippen LogP contribution in [0, 0.1) is 0 Å². The molecule has 0 aliphatic carbocycles. The summed E-state index contributed by atoms with van der Waals surface area (Å²) in [7, 11) is 1.69. The van der Waals surface area contributed by atoms with Gasteiger partial charge in [-0.3, -0.25) is 9.89 Å². The molecule has 1 aliphatic rings. The molecule has 1 heterocycles. The van der Waals surface area contributed by atoms with Crippen molar-refractivity contribution < 1.29 is 4.74 Å². The molecule has 1 aromatic carbocycles. The largest absolute Gasteiger partial charge is 0.383 e. The van der Waals surface area contributed by atoms with E-state index >= 15 is 0 Å². The minimum Gasteiger partial charge on any atom is -0.383 e. The number of nitrogens with two attached hydrogens (primary N) is 1. The van der Waals surface area contributed by atoms with Gasteiger partial charge in [-0.2, -0.15) is 0 Å². The second kappa shape index (κ2) is 8.76. The van der Waals surface area contributed by atoms with E-state index in [0.717, 1.165) is 19.6 Å². The molecule has 0 radical (unpaired) electrons. The van der Waals surface area contributed by atoms with E-state index in [4.69, 9.17) is 10.5 Å². The maximum Gasteiger partial charge on any atom is 0.188 e. The Morgan fingerprint density at radius 1 is 1.45 bits per heavy atom. The van der Waals surface area contributed by atoms with Crippen molar-refractivity contribution >= 4 is 5.96 Å². The molecule has 0 saturated carbocycles. The fourth-order valence-corrected chi connectivity index (χ4v) is 2.92. The second-order valence-electron chi connectivity index (χ2n) is 5.98. The summed E-state index contributed by atoms with van der Waals surface area (Å²) >= 11 is 0. The van der Waals surface area contributed by atoms with Gasteiger partial charge in [0.25, 0.3) is 0 Å². The lowest BCUT2D eigenvalue weighted by atomic mass is 10.2. The van der Waals surface area contributed by atoms with E-state index in [1.165, 1.54) is 18.4 Å². The molecular formula is C17H28N4O. The third kappa shape index (κ3) is 5.31. The highest BCUT2D eigenvalue weighted by Gasteiger charge is 2.24. The number of benzene rings is 1. The molecule has 1 fully saturated rings. The maximum absolute atomic E-state index is 5.95. The molecule has 122 valence electrons. The van der Waals surface area contributed by atoms with Crippen LogP contribution in [0.3, 0.4) is 0 Å². The van der Waals surface area contributed by atoms with Crippen molar-refractivity contribution in [3.63, 3.8) is 0 Å². The van der Waals surface area contributed by atoms with Crippen LogP contribution in [0.1, 0.15) is 25.3 Å². The lowest BCUT2D eigenvalue weighted by Gasteiger charge is -2.23. The first-order valence-electron chi connectivity index (χ1n) is 8.02. The molecule has 2 atom stereocenters. The van der Waals surface area contributed by atoms with Crippen LogP contribution >= 0.6 is 0 Å². The summed E-state index contributed by atoms with van der Waals surface area (Å²) in [5, 5.41) is 3.15. The van der Waals surface area contributed by atoms with Gasteiger partial charge in [0, 0.05) is 25.7 Å². The summed E-state index contributed by atoms with van der Waals surface area (Å²) in [4.78, 5) is 7.01. The SMILES string of the molecule is COCC(C)NC(N)=NCC1CCCN1Cc1ccccc1. The fourth-order valence-electron chi connectivity index (χ4n) is 2.92. The van der Waals surface area contributed by atoms with Crippen molar-refractivity contribution in [2.24, 2.45) is 10.7 Å². The number of hydrogen-bond donors (Lipinski definition) is 2. The summed E-state index contributed by atoms with van der Waals surface area (Å²) < 4.78 is 5.08. The highest BCUT2D eigenvalue weighted by atomic mass is 16.5. The predicted octanol–water partition coefficient (Wildman–Crippen LogP) is 1.59. The number of aliphatic imine (C=N–C) groups is 1. The van der Waals surface area contributed by atoms with E-state index in [9.17, 15) is 0 Å². The number of guanidine groups is 1. The average Bonchev–Trinajstić information content (AvgIpc) is 2.93. The van der Waals surface area contributed by atoms with Crippen LogP contribution in [-0.2, 0) is 11.3 Å². The van der Waals surface area contributed by atoms with E-state index in [1.54, 1.807) is 7.11 Å². The van der Waals surface area contributed by atoms with Gasteiger partial charge in [-0.25, -0.2) is 0 Å². The van der Waals surface area contributed by atoms with E-state index in [-0.39, 0.29) is 6.04 Å². The molecule has 2 unspecified atom stereocenters. The summed E-state index contributed by atoms with van der Waals surface area (Å²) in [6.45, 7) is 5.55. The first-order valence-corrected chi connectivity index (χ1v) is 8.02. The smallest absolute Gasteiger partial charge is 0.188 e. The van der Waals surface area contributed by atoms with Crippen molar-refractivity contribution in [1.29, 1.82) is 0 Å². The van der Waals surface area contributed by atoms with E-state index < -0.39 is 0 Å². The number of rotatable bonds is 7. The number of nitrogens with zero attached hydrogens (tertiary/aromatic N) is 2. The van der Waals surface area contributed by atoms with Crippen molar-refractivity contribution in [2.75, 3.05) is 26.8 Å². The maximum atomic E-state index is 5.95. The van der Waals surface area contributed by atoms with E-state index in [2.05, 4.69) is 45.5 Å². The Morgan fingerprint density at radius 2 is 2.23 bits per heavy atom. The van der Waals surface area contributed by atoms with Crippen LogP contribution in [-0.4, -0.2) is 49.7 Å². The minimum absolute atomic E-state index is 0.178. The van der Waals surface area contributed by atoms with E-state index in [0.29, 0.717) is 18.6 Å². The van der Waals surface area contributed by atoms with Gasteiger partial charge < -0.3 is 15.8 Å².